The third-order valence-electron chi connectivity index (χ3n) is 3.35. The van der Waals surface area contributed by atoms with Crippen LogP contribution in [0.2, 0.25) is 0 Å². The predicted octanol–water partition coefficient (Wildman–Crippen LogP) is 2.93. The molecule has 1 N–H and O–H groups in total. The van der Waals surface area contributed by atoms with Crippen LogP contribution in [0.4, 0.5) is 4.39 Å². The van der Waals surface area contributed by atoms with Crippen LogP contribution in [-0.4, -0.2) is 28.0 Å². The molecule has 0 aliphatic heterocycles. The Hall–Kier alpha value is -2.89. The summed E-state index contributed by atoms with van der Waals surface area (Å²) in [6, 6.07) is 9.97. The Morgan fingerprint density at radius 3 is 2.91 bits per heavy atom. The zero-order chi connectivity index (χ0) is 15.7. The minimum atomic E-state index is -1.30. The molecule has 6 heteroatoms. The van der Waals surface area contributed by atoms with Crippen molar-refractivity contribution in [2.45, 2.75) is 6.54 Å². The van der Waals surface area contributed by atoms with Gasteiger partial charge in [-0.15, -0.1) is 0 Å². The van der Waals surface area contributed by atoms with Crippen LogP contribution in [0, 0.1) is 5.82 Å². The number of nitrogens with zero attached hydrogens (tertiary/aromatic N) is 2. The van der Waals surface area contributed by atoms with Crippen molar-refractivity contribution in [2.24, 2.45) is 0 Å². The first-order valence-electron chi connectivity index (χ1n) is 6.60. The van der Waals surface area contributed by atoms with Gasteiger partial charge < -0.3 is 9.84 Å². The van der Waals surface area contributed by atoms with E-state index in [1.54, 1.807) is 18.0 Å². The average Bonchev–Trinajstić information content (AvgIpc) is 2.87. The van der Waals surface area contributed by atoms with E-state index < -0.39 is 11.8 Å². The first-order chi connectivity index (χ1) is 10.6. The fraction of sp³-hybridized carbons (Fsp3) is 0.125. The summed E-state index contributed by atoms with van der Waals surface area (Å²) in [7, 11) is 1.59. The standard InChI is InChI=1S/C16H13FN2O3/c1-22-12-4-2-3-10(5-12)8-19-9-11-6-14(17)13(16(20)21)7-15(11)18-19/h2-7,9H,8H2,1H3,(H,20,21). The molecule has 3 aromatic rings. The van der Waals surface area contributed by atoms with Gasteiger partial charge >= 0.3 is 5.97 Å². The van der Waals surface area contributed by atoms with Crippen LogP contribution >= 0.6 is 0 Å². The normalized spacial score (nSPS) is 10.8. The molecule has 0 unspecified atom stereocenters. The molecule has 0 radical (unpaired) electrons. The van der Waals surface area contributed by atoms with E-state index in [0.29, 0.717) is 17.4 Å². The monoisotopic (exact) mass is 300 g/mol. The lowest BCUT2D eigenvalue weighted by molar-refractivity contribution is 0.0692. The van der Waals surface area contributed by atoms with Gasteiger partial charge in [0.05, 0.1) is 24.7 Å². The number of halogens is 1. The van der Waals surface area contributed by atoms with Crippen LogP contribution in [-0.2, 0) is 6.54 Å². The van der Waals surface area contributed by atoms with E-state index in [9.17, 15) is 9.18 Å². The first kappa shape index (κ1) is 14.1. The highest BCUT2D eigenvalue weighted by atomic mass is 19.1. The first-order valence-corrected chi connectivity index (χ1v) is 6.60. The van der Waals surface area contributed by atoms with Crippen LogP contribution < -0.4 is 4.74 Å². The lowest BCUT2D eigenvalue weighted by Gasteiger charge is -2.04. The average molecular weight is 300 g/mol. The van der Waals surface area contributed by atoms with Crippen LogP contribution in [0.15, 0.2) is 42.6 Å². The maximum absolute atomic E-state index is 13.7. The number of carboxylic acids is 1. The summed E-state index contributed by atoms with van der Waals surface area (Å²) in [5.74, 6) is -1.32. The lowest BCUT2D eigenvalue weighted by Crippen LogP contribution is -2.01. The molecule has 2 aromatic carbocycles. The summed E-state index contributed by atoms with van der Waals surface area (Å²) in [4.78, 5) is 10.9. The molecule has 0 saturated heterocycles. The number of carboxylic acid groups (broad SMARTS) is 1. The van der Waals surface area contributed by atoms with Gasteiger partial charge in [0.1, 0.15) is 11.6 Å². The van der Waals surface area contributed by atoms with Crippen molar-refractivity contribution in [1.82, 2.24) is 9.78 Å². The van der Waals surface area contributed by atoms with Gasteiger partial charge in [-0.25, -0.2) is 9.18 Å². The maximum Gasteiger partial charge on any atom is 0.338 e. The summed E-state index contributed by atoms with van der Waals surface area (Å²) in [5, 5.41) is 13.8. The Bertz CT molecular complexity index is 858. The van der Waals surface area contributed by atoms with Crippen molar-refractivity contribution >= 4 is 16.9 Å². The van der Waals surface area contributed by atoms with Crippen molar-refractivity contribution in [3.05, 3.63) is 59.5 Å². The Morgan fingerprint density at radius 1 is 1.36 bits per heavy atom. The van der Waals surface area contributed by atoms with E-state index in [1.165, 1.54) is 12.1 Å². The van der Waals surface area contributed by atoms with E-state index in [2.05, 4.69) is 5.10 Å². The zero-order valence-electron chi connectivity index (χ0n) is 11.8. The molecule has 3 rings (SSSR count). The molecular weight excluding hydrogens is 287 g/mol. The summed E-state index contributed by atoms with van der Waals surface area (Å²) in [5.41, 5.74) is 1.05. The largest absolute Gasteiger partial charge is 0.497 e. The molecule has 0 saturated carbocycles. The summed E-state index contributed by atoms with van der Waals surface area (Å²) in [6.45, 7) is 0.482. The number of hydrogen-bond acceptors (Lipinski definition) is 3. The molecule has 1 heterocycles. The van der Waals surface area contributed by atoms with Crippen molar-refractivity contribution in [2.75, 3.05) is 7.11 Å². The number of hydrogen-bond donors (Lipinski definition) is 1. The third-order valence-corrected chi connectivity index (χ3v) is 3.35. The number of carbonyl (C=O) groups is 1. The zero-order valence-corrected chi connectivity index (χ0v) is 11.8. The number of aromatic carboxylic acids is 1. The maximum atomic E-state index is 13.7. The molecular formula is C16H13FN2O3. The van der Waals surface area contributed by atoms with Crippen molar-refractivity contribution in [3.8, 4) is 5.75 Å². The van der Waals surface area contributed by atoms with Crippen LogP contribution in [0.1, 0.15) is 15.9 Å². The molecule has 0 amide bonds. The van der Waals surface area contributed by atoms with E-state index >= 15 is 0 Å². The second-order valence-corrected chi connectivity index (χ2v) is 4.87. The van der Waals surface area contributed by atoms with Gasteiger partial charge in [0.25, 0.3) is 0 Å². The second-order valence-electron chi connectivity index (χ2n) is 4.87. The smallest absolute Gasteiger partial charge is 0.338 e. The molecule has 112 valence electrons. The van der Waals surface area contributed by atoms with E-state index in [-0.39, 0.29) is 5.56 Å². The predicted molar refractivity (Wildman–Crippen MR) is 78.7 cm³/mol. The van der Waals surface area contributed by atoms with Crippen molar-refractivity contribution in [1.29, 1.82) is 0 Å². The minimum Gasteiger partial charge on any atom is -0.497 e. The third kappa shape index (κ3) is 2.63. The van der Waals surface area contributed by atoms with Gasteiger partial charge in [0, 0.05) is 11.6 Å². The van der Waals surface area contributed by atoms with Crippen LogP contribution in [0.25, 0.3) is 10.9 Å². The SMILES string of the molecule is COc1cccc(Cn2cc3cc(F)c(C(=O)O)cc3n2)c1. The number of methoxy groups -OCH3 is 1. The van der Waals surface area contributed by atoms with Gasteiger partial charge in [0.15, 0.2) is 0 Å². The van der Waals surface area contributed by atoms with Crippen molar-refractivity contribution in [3.63, 3.8) is 0 Å². The minimum absolute atomic E-state index is 0.376. The molecule has 0 aliphatic carbocycles. The van der Waals surface area contributed by atoms with Gasteiger partial charge in [-0.2, -0.15) is 5.10 Å². The topological polar surface area (TPSA) is 64.3 Å². The molecule has 0 fully saturated rings. The highest BCUT2D eigenvalue weighted by Gasteiger charge is 2.13. The Labute approximate surface area is 125 Å². The van der Waals surface area contributed by atoms with Gasteiger partial charge in [-0.1, -0.05) is 12.1 Å². The van der Waals surface area contributed by atoms with Gasteiger partial charge in [-0.05, 0) is 29.8 Å². The van der Waals surface area contributed by atoms with Crippen LogP contribution in [0.3, 0.4) is 0 Å². The highest BCUT2D eigenvalue weighted by Crippen LogP contribution is 2.19. The molecule has 1 aromatic heterocycles. The van der Waals surface area contributed by atoms with E-state index in [0.717, 1.165) is 11.3 Å². The number of rotatable bonds is 4. The van der Waals surface area contributed by atoms with E-state index in [1.807, 2.05) is 24.3 Å². The fourth-order valence-electron chi connectivity index (χ4n) is 2.30. The summed E-state index contributed by atoms with van der Waals surface area (Å²) >= 11 is 0. The molecule has 0 atom stereocenters. The lowest BCUT2D eigenvalue weighted by atomic mass is 10.1. The number of ether oxygens (including phenoxy) is 1. The number of benzene rings is 2. The fourth-order valence-corrected chi connectivity index (χ4v) is 2.30. The molecule has 0 bridgehead atoms. The Balaban J connectivity index is 1.96. The van der Waals surface area contributed by atoms with Crippen molar-refractivity contribution < 1.29 is 19.0 Å². The molecule has 5 nitrogen and oxygen atoms in total. The van der Waals surface area contributed by atoms with Gasteiger partial charge in [0.2, 0.25) is 0 Å². The Morgan fingerprint density at radius 2 is 2.18 bits per heavy atom. The molecule has 0 spiro atoms. The number of aromatic nitrogens is 2. The summed E-state index contributed by atoms with van der Waals surface area (Å²) in [6.07, 6.45) is 1.68. The van der Waals surface area contributed by atoms with Crippen LogP contribution in [0.5, 0.6) is 5.75 Å². The quantitative estimate of drug-likeness (QED) is 0.804. The Kier molecular flexibility index (Phi) is 3.50. The summed E-state index contributed by atoms with van der Waals surface area (Å²) < 4.78 is 20.5. The molecule has 22 heavy (non-hydrogen) atoms. The van der Waals surface area contributed by atoms with E-state index in [4.69, 9.17) is 9.84 Å². The number of fused-ring (bicyclic) bond motifs is 1. The van der Waals surface area contributed by atoms with Gasteiger partial charge in [-0.3, -0.25) is 4.68 Å². The molecule has 0 aliphatic rings. The second kappa shape index (κ2) is 5.48. The highest BCUT2D eigenvalue weighted by molar-refractivity contribution is 5.93.